The van der Waals surface area contributed by atoms with Crippen LogP contribution in [0.1, 0.15) is 11.3 Å². The van der Waals surface area contributed by atoms with Crippen LogP contribution in [0.15, 0.2) is 65.8 Å². The first-order valence-corrected chi connectivity index (χ1v) is 11.0. The maximum absolute atomic E-state index is 12.5. The standard InChI is InChI=1S/C20H17ClN6O3S/c1-13-8-9-27-12-15(22-19(27)10-13)11-20(28)23-14-2-4-16(5-3-14)31(29,30)26-18-7-6-17(21)24-25-18/h2-10,12H,11H2,1H3,(H,23,28)(H,25,26). The number of carbonyl (C=O) groups excluding carboxylic acids is 1. The molecule has 0 aliphatic heterocycles. The zero-order chi connectivity index (χ0) is 22.0. The van der Waals surface area contributed by atoms with Crippen molar-refractivity contribution in [3.05, 3.63) is 77.3 Å². The molecule has 3 heterocycles. The van der Waals surface area contributed by atoms with Gasteiger partial charge in [-0.05, 0) is 61.0 Å². The summed E-state index contributed by atoms with van der Waals surface area (Å²) in [6.07, 6.45) is 3.79. The van der Waals surface area contributed by atoms with E-state index in [9.17, 15) is 13.2 Å². The maximum Gasteiger partial charge on any atom is 0.263 e. The molecule has 0 aliphatic rings. The lowest BCUT2D eigenvalue weighted by Crippen LogP contribution is -2.16. The topological polar surface area (TPSA) is 118 Å². The third-order valence-corrected chi connectivity index (χ3v) is 5.90. The average molecular weight is 457 g/mol. The van der Waals surface area contributed by atoms with Crippen LogP contribution >= 0.6 is 11.6 Å². The van der Waals surface area contributed by atoms with E-state index >= 15 is 0 Å². The van der Waals surface area contributed by atoms with Crippen molar-refractivity contribution in [2.75, 3.05) is 10.0 Å². The number of aromatic nitrogens is 4. The second-order valence-corrected chi connectivity index (χ2v) is 8.87. The van der Waals surface area contributed by atoms with Gasteiger partial charge in [-0.3, -0.25) is 9.52 Å². The Hall–Kier alpha value is -3.50. The first kappa shape index (κ1) is 20.8. The predicted molar refractivity (Wildman–Crippen MR) is 117 cm³/mol. The Bertz CT molecular complexity index is 1350. The second kappa shape index (κ2) is 8.32. The highest BCUT2D eigenvalue weighted by atomic mass is 35.5. The van der Waals surface area contributed by atoms with Crippen LogP contribution in [0.5, 0.6) is 0 Å². The molecule has 0 unspecified atom stereocenters. The van der Waals surface area contributed by atoms with E-state index in [4.69, 9.17) is 11.6 Å². The Balaban J connectivity index is 1.41. The van der Waals surface area contributed by atoms with Gasteiger partial charge >= 0.3 is 0 Å². The van der Waals surface area contributed by atoms with Crippen molar-refractivity contribution in [2.24, 2.45) is 0 Å². The van der Waals surface area contributed by atoms with E-state index in [1.807, 2.05) is 29.7 Å². The molecule has 4 rings (SSSR count). The number of carbonyl (C=O) groups is 1. The van der Waals surface area contributed by atoms with Gasteiger partial charge in [0.2, 0.25) is 5.91 Å². The van der Waals surface area contributed by atoms with Crippen LogP contribution in [0, 0.1) is 6.92 Å². The summed E-state index contributed by atoms with van der Waals surface area (Å²) in [4.78, 5) is 16.8. The van der Waals surface area contributed by atoms with Crippen molar-refractivity contribution in [2.45, 2.75) is 18.2 Å². The van der Waals surface area contributed by atoms with E-state index in [0.717, 1.165) is 11.2 Å². The molecule has 9 nitrogen and oxygen atoms in total. The summed E-state index contributed by atoms with van der Waals surface area (Å²) < 4.78 is 29.1. The van der Waals surface area contributed by atoms with Gasteiger partial charge in [0.25, 0.3) is 10.0 Å². The van der Waals surface area contributed by atoms with Gasteiger partial charge in [0.1, 0.15) is 5.65 Å². The number of aryl methyl sites for hydroxylation is 1. The number of halogens is 1. The summed E-state index contributed by atoms with van der Waals surface area (Å²) in [5, 5.41) is 10.2. The van der Waals surface area contributed by atoms with Crippen LogP contribution in [-0.4, -0.2) is 33.9 Å². The normalized spacial score (nSPS) is 11.4. The fourth-order valence-corrected chi connectivity index (χ4v) is 3.97. The molecule has 11 heteroatoms. The minimum absolute atomic E-state index is 0.0120. The van der Waals surface area contributed by atoms with Crippen LogP contribution in [0.25, 0.3) is 5.65 Å². The van der Waals surface area contributed by atoms with E-state index in [1.165, 1.54) is 36.4 Å². The Morgan fingerprint density at radius 2 is 1.87 bits per heavy atom. The smallest absolute Gasteiger partial charge is 0.263 e. The number of sulfonamides is 1. The number of amides is 1. The summed E-state index contributed by atoms with van der Waals surface area (Å²) in [7, 11) is -3.86. The molecule has 158 valence electrons. The Labute approximate surface area is 183 Å². The predicted octanol–water partition coefficient (Wildman–Crippen LogP) is 3.07. The lowest BCUT2D eigenvalue weighted by Gasteiger charge is -2.08. The molecule has 0 radical (unpaired) electrons. The molecule has 0 atom stereocenters. The molecule has 4 aromatic rings. The van der Waals surface area contributed by atoms with Gasteiger partial charge in [-0.1, -0.05) is 11.6 Å². The molecule has 31 heavy (non-hydrogen) atoms. The van der Waals surface area contributed by atoms with Gasteiger partial charge in [-0.15, -0.1) is 10.2 Å². The van der Waals surface area contributed by atoms with Crippen LogP contribution in [0.2, 0.25) is 5.15 Å². The highest BCUT2D eigenvalue weighted by Crippen LogP contribution is 2.18. The third-order valence-electron chi connectivity index (χ3n) is 4.33. The summed E-state index contributed by atoms with van der Waals surface area (Å²) in [5.74, 6) is -0.213. The van der Waals surface area contributed by atoms with Crippen molar-refractivity contribution in [1.82, 2.24) is 19.6 Å². The maximum atomic E-state index is 12.5. The number of hydrogen-bond donors (Lipinski definition) is 2. The number of nitrogens with one attached hydrogen (secondary N) is 2. The van der Waals surface area contributed by atoms with Crippen molar-refractivity contribution in [3.8, 4) is 0 Å². The van der Waals surface area contributed by atoms with Crippen molar-refractivity contribution < 1.29 is 13.2 Å². The fraction of sp³-hybridized carbons (Fsp3) is 0.100. The molecule has 0 spiro atoms. The summed E-state index contributed by atoms with van der Waals surface area (Å²) in [6, 6.07) is 12.5. The SMILES string of the molecule is Cc1ccn2cc(CC(=O)Nc3ccc(S(=O)(=O)Nc4ccc(Cl)nn4)cc3)nc2c1. The van der Waals surface area contributed by atoms with Crippen molar-refractivity contribution in [1.29, 1.82) is 0 Å². The highest BCUT2D eigenvalue weighted by molar-refractivity contribution is 7.92. The first-order chi connectivity index (χ1) is 14.8. The Morgan fingerprint density at radius 3 is 2.58 bits per heavy atom. The summed E-state index contributed by atoms with van der Waals surface area (Å²) in [5.41, 5.74) is 2.96. The highest BCUT2D eigenvalue weighted by Gasteiger charge is 2.16. The van der Waals surface area contributed by atoms with Crippen LogP contribution in [0.4, 0.5) is 11.5 Å². The van der Waals surface area contributed by atoms with E-state index in [1.54, 1.807) is 6.20 Å². The fourth-order valence-electron chi connectivity index (χ4n) is 2.88. The molecule has 1 amide bonds. The van der Waals surface area contributed by atoms with Gasteiger partial charge in [-0.2, -0.15) is 0 Å². The molecule has 0 bridgehead atoms. The number of pyridine rings is 1. The molecule has 0 saturated heterocycles. The number of nitrogens with zero attached hydrogens (tertiary/aromatic N) is 4. The van der Waals surface area contributed by atoms with Crippen molar-refractivity contribution >= 4 is 44.7 Å². The molecule has 2 N–H and O–H groups in total. The number of rotatable bonds is 6. The van der Waals surface area contributed by atoms with Gasteiger partial charge in [0.15, 0.2) is 11.0 Å². The van der Waals surface area contributed by atoms with Gasteiger partial charge in [0, 0.05) is 18.1 Å². The summed E-state index contributed by atoms with van der Waals surface area (Å²) >= 11 is 5.65. The monoisotopic (exact) mass is 456 g/mol. The molecular formula is C20H17ClN6O3S. The Kier molecular flexibility index (Phi) is 5.57. The average Bonchev–Trinajstić information content (AvgIpc) is 3.11. The molecule has 1 aromatic carbocycles. The van der Waals surface area contributed by atoms with Crippen LogP contribution < -0.4 is 10.0 Å². The number of hydrogen-bond acceptors (Lipinski definition) is 6. The van der Waals surface area contributed by atoms with Gasteiger partial charge in [0.05, 0.1) is 17.0 Å². The zero-order valence-electron chi connectivity index (χ0n) is 16.3. The molecule has 0 saturated carbocycles. The zero-order valence-corrected chi connectivity index (χ0v) is 17.9. The van der Waals surface area contributed by atoms with E-state index in [2.05, 4.69) is 25.2 Å². The first-order valence-electron chi connectivity index (χ1n) is 9.15. The number of fused-ring (bicyclic) bond motifs is 1. The summed E-state index contributed by atoms with van der Waals surface area (Å²) in [6.45, 7) is 1.98. The van der Waals surface area contributed by atoms with Crippen LogP contribution in [0.3, 0.4) is 0 Å². The lowest BCUT2D eigenvalue weighted by molar-refractivity contribution is -0.115. The van der Waals surface area contributed by atoms with E-state index in [0.29, 0.717) is 11.4 Å². The van der Waals surface area contributed by atoms with E-state index in [-0.39, 0.29) is 28.2 Å². The number of imidazole rings is 1. The minimum atomic E-state index is -3.86. The third kappa shape index (κ3) is 4.98. The van der Waals surface area contributed by atoms with Crippen molar-refractivity contribution in [3.63, 3.8) is 0 Å². The van der Waals surface area contributed by atoms with Gasteiger partial charge in [-0.25, -0.2) is 13.4 Å². The largest absolute Gasteiger partial charge is 0.326 e. The molecule has 0 fully saturated rings. The molecular weight excluding hydrogens is 440 g/mol. The molecule has 3 aromatic heterocycles. The minimum Gasteiger partial charge on any atom is -0.326 e. The van der Waals surface area contributed by atoms with Gasteiger partial charge < -0.3 is 9.72 Å². The van der Waals surface area contributed by atoms with Crippen LogP contribution in [-0.2, 0) is 21.2 Å². The number of anilines is 2. The second-order valence-electron chi connectivity index (χ2n) is 6.80. The quantitative estimate of drug-likeness (QED) is 0.460. The molecule has 0 aliphatic carbocycles. The van der Waals surface area contributed by atoms with E-state index < -0.39 is 10.0 Å². The number of benzene rings is 1. The lowest BCUT2D eigenvalue weighted by atomic mass is 10.3. The Morgan fingerprint density at radius 1 is 1.10 bits per heavy atom.